The van der Waals surface area contributed by atoms with Crippen molar-refractivity contribution in [2.45, 2.75) is 23.5 Å². The standard InChI is InChI=1S/C14H12FN5S/c1-2-11-12(15)13(17-8-16-11)21-14-18-9-20(19-14)10-6-4-3-5-7-10/h3-9H,2H2,1H3. The third kappa shape index (κ3) is 2.92. The van der Waals surface area contributed by atoms with Crippen LogP contribution < -0.4 is 0 Å². The molecule has 0 aliphatic rings. The zero-order valence-electron chi connectivity index (χ0n) is 11.3. The predicted molar refractivity (Wildman–Crippen MR) is 76.9 cm³/mol. The lowest BCUT2D eigenvalue weighted by Gasteiger charge is -2.02. The number of nitrogens with zero attached hydrogens (tertiary/aromatic N) is 5. The van der Waals surface area contributed by atoms with Crippen molar-refractivity contribution in [3.05, 3.63) is 54.5 Å². The maximum absolute atomic E-state index is 14.1. The molecule has 106 valence electrons. The number of benzene rings is 1. The fraction of sp³-hybridized carbons (Fsp3) is 0.143. The molecular weight excluding hydrogens is 289 g/mol. The van der Waals surface area contributed by atoms with Gasteiger partial charge in [-0.3, -0.25) is 0 Å². The molecule has 1 aromatic carbocycles. The van der Waals surface area contributed by atoms with Gasteiger partial charge in [-0.2, -0.15) is 0 Å². The van der Waals surface area contributed by atoms with E-state index in [1.54, 1.807) is 11.0 Å². The van der Waals surface area contributed by atoms with Crippen LogP contribution in [-0.4, -0.2) is 24.7 Å². The van der Waals surface area contributed by atoms with E-state index in [1.165, 1.54) is 6.33 Å². The molecule has 7 heteroatoms. The molecule has 0 saturated carbocycles. The van der Waals surface area contributed by atoms with Crippen molar-refractivity contribution < 1.29 is 4.39 Å². The van der Waals surface area contributed by atoms with Gasteiger partial charge in [-0.1, -0.05) is 25.1 Å². The Hall–Kier alpha value is -2.28. The number of aromatic nitrogens is 5. The maximum atomic E-state index is 14.1. The minimum absolute atomic E-state index is 0.243. The van der Waals surface area contributed by atoms with Gasteiger partial charge in [-0.15, -0.1) is 5.10 Å². The van der Waals surface area contributed by atoms with Gasteiger partial charge in [0.1, 0.15) is 17.7 Å². The Morgan fingerprint density at radius 2 is 1.95 bits per heavy atom. The van der Waals surface area contributed by atoms with Gasteiger partial charge < -0.3 is 0 Å². The average molecular weight is 301 g/mol. The minimum Gasteiger partial charge on any atom is -0.238 e. The third-order valence-electron chi connectivity index (χ3n) is 2.84. The second kappa shape index (κ2) is 6.01. The predicted octanol–water partition coefficient (Wildman–Crippen LogP) is 2.91. The van der Waals surface area contributed by atoms with Crippen LogP contribution in [0.2, 0.25) is 0 Å². The van der Waals surface area contributed by atoms with E-state index in [0.717, 1.165) is 17.4 Å². The van der Waals surface area contributed by atoms with Crippen LogP contribution in [0.1, 0.15) is 12.6 Å². The molecule has 5 nitrogen and oxygen atoms in total. The van der Waals surface area contributed by atoms with Crippen molar-refractivity contribution in [2.75, 3.05) is 0 Å². The molecule has 0 fully saturated rings. The Bertz CT molecular complexity index is 744. The largest absolute Gasteiger partial charge is 0.238 e. The van der Waals surface area contributed by atoms with Crippen LogP contribution in [0.4, 0.5) is 4.39 Å². The van der Waals surface area contributed by atoms with Gasteiger partial charge in [0.25, 0.3) is 0 Å². The Morgan fingerprint density at radius 1 is 1.14 bits per heavy atom. The first-order valence-corrected chi connectivity index (χ1v) is 7.24. The molecule has 0 unspecified atom stereocenters. The summed E-state index contributed by atoms with van der Waals surface area (Å²) in [4.78, 5) is 12.0. The Kier molecular flexibility index (Phi) is 3.92. The quantitative estimate of drug-likeness (QED) is 0.694. The number of rotatable bonds is 4. The van der Waals surface area contributed by atoms with Gasteiger partial charge in [0.05, 0.1) is 11.4 Å². The van der Waals surface area contributed by atoms with Gasteiger partial charge in [-0.05, 0) is 30.3 Å². The second-order valence-corrected chi connectivity index (χ2v) is 5.16. The highest BCUT2D eigenvalue weighted by atomic mass is 32.2. The van der Waals surface area contributed by atoms with Crippen LogP contribution in [0.5, 0.6) is 0 Å². The van der Waals surface area contributed by atoms with Crippen molar-refractivity contribution in [2.24, 2.45) is 0 Å². The Morgan fingerprint density at radius 3 is 2.71 bits per heavy atom. The SMILES string of the molecule is CCc1ncnc(Sc2ncn(-c3ccccc3)n2)c1F. The molecular formula is C14H12FN5S. The van der Waals surface area contributed by atoms with Gasteiger partial charge in [0.2, 0.25) is 5.16 Å². The summed E-state index contributed by atoms with van der Waals surface area (Å²) in [5.41, 5.74) is 1.30. The zero-order chi connectivity index (χ0) is 14.7. The topological polar surface area (TPSA) is 56.5 Å². The van der Waals surface area contributed by atoms with E-state index < -0.39 is 5.82 Å². The highest BCUT2D eigenvalue weighted by Gasteiger charge is 2.13. The Labute approximate surface area is 125 Å². The summed E-state index contributed by atoms with van der Waals surface area (Å²) in [6.07, 6.45) is 3.48. The van der Waals surface area contributed by atoms with Crippen LogP contribution >= 0.6 is 11.8 Å². The maximum Gasteiger partial charge on any atom is 0.215 e. The molecule has 0 bridgehead atoms. The first kappa shape index (κ1) is 13.7. The van der Waals surface area contributed by atoms with E-state index in [1.807, 2.05) is 37.3 Å². The van der Waals surface area contributed by atoms with Crippen molar-refractivity contribution in [1.82, 2.24) is 24.7 Å². The van der Waals surface area contributed by atoms with E-state index in [0.29, 0.717) is 17.3 Å². The lowest BCUT2D eigenvalue weighted by Crippen LogP contribution is -1.98. The fourth-order valence-corrected chi connectivity index (χ4v) is 2.50. The molecule has 0 N–H and O–H groups in total. The highest BCUT2D eigenvalue weighted by molar-refractivity contribution is 7.99. The van der Waals surface area contributed by atoms with Crippen LogP contribution in [0, 0.1) is 5.82 Å². The Balaban J connectivity index is 1.85. The molecule has 3 rings (SSSR count). The smallest absolute Gasteiger partial charge is 0.215 e. The summed E-state index contributed by atoms with van der Waals surface area (Å²) >= 11 is 1.09. The molecule has 21 heavy (non-hydrogen) atoms. The summed E-state index contributed by atoms with van der Waals surface area (Å²) in [7, 11) is 0. The summed E-state index contributed by atoms with van der Waals surface area (Å²) in [6, 6.07) is 9.61. The summed E-state index contributed by atoms with van der Waals surface area (Å²) < 4.78 is 15.7. The van der Waals surface area contributed by atoms with Crippen LogP contribution in [-0.2, 0) is 6.42 Å². The number of hydrogen-bond donors (Lipinski definition) is 0. The summed E-state index contributed by atoms with van der Waals surface area (Å²) in [5, 5.41) is 5.00. The summed E-state index contributed by atoms with van der Waals surface area (Å²) in [5.74, 6) is -0.402. The third-order valence-corrected chi connectivity index (χ3v) is 3.69. The molecule has 2 aromatic heterocycles. The van der Waals surface area contributed by atoms with Gasteiger partial charge >= 0.3 is 0 Å². The highest BCUT2D eigenvalue weighted by Crippen LogP contribution is 2.26. The fourth-order valence-electron chi connectivity index (χ4n) is 1.79. The van der Waals surface area contributed by atoms with Crippen molar-refractivity contribution in [3.8, 4) is 5.69 Å². The molecule has 0 amide bonds. The van der Waals surface area contributed by atoms with Crippen molar-refractivity contribution >= 4 is 11.8 Å². The molecule has 0 atom stereocenters. The lowest BCUT2D eigenvalue weighted by molar-refractivity contribution is 0.559. The first-order chi connectivity index (χ1) is 10.3. The second-order valence-electron chi connectivity index (χ2n) is 4.20. The van der Waals surface area contributed by atoms with Gasteiger partial charge in [-0.25, -0.2) is 24.0 Å². The number of halogens is 1. The molecule has 0 radical (unpaired) electrons. The van der Waals surface area contributed by atoms with Crippen LogP contribution in [0.15, 0.2) is 53.2 Å². The normalized spacial score (nSPS) is 10.8. The molecule has 0 aliphatic carbocycles. The number of aryl methyl sites for hydroxylation is 1. The average Bonchev–Trinajstić information content (AvgIpc) is 2.99. The number of hydrogen-bond acceptors (Lipinski definition) is 5. The zero-order valence-corrected chi connectivity index (χ0v) is 12.1. The summed E-state index contributed by atoms with van der Waals surface area (Å²) in [6.45, 7) is 1.85. The van der Waals surface area contributed by atoms with E-state index in [9.17, 15) is 4.39 Å². The monoisotopic (exact) mass is 301 g/mol. The molecule has 3 aromatic rings. The van der Waals surface area contributed by atoms with Crippen molar-refractivity contribution in [3.63, 3.8) is 0 Å². The van der Waals surface area contributed by atoms with Gasteiger partial charge in [0, 0.05) is 0 Å². The minimum atomic E-state index is -0.402. The van der Waals surface area contributed by atoms with E-state index in [-0.39, 0.29) is 5.03 Å². The van der Waals surface area contributed by atoms with Crippen LogP contribution in [0.25, 0.3) is 5.69 Å². The first-order valence-electron chi connectivity index (χ1n) is 6.42. The van der Waals surface area contributed by atoms with Gasteiger partial charge in [0.15, 0.2) is 5.82 Å². The lowest BCUT2D eigenvalue weighted by atomic mass is 10.3. The van der Waals surface area contributed by atoms with E-state index >= 15 is 0 Å². The number of para-hydroxylation sites is 1. The molecule has 0 saturated heterocycles. The molecule has 2 heterocycles. The molecule has 0 aliphatic heterocycles. The van der Waals surface area contributed by atoms with E-state index in [2.05, 4.69) is 20.1 Å². The van der Waals surface area contributed by atoms with E-state index in [4.69, 9.17) is 0 Å². The molecule has 0 spiro atoms. The van der Waals surface area contributed by atoms with Crippen molar-refractivity contribution in [1.29, 1.82) is 0 Å². The van der Waals surface area contributed by atoms with Crippen LogP contribution in [0.3, 0.4) is 0 Å².